The maximum Gasteiger partial charge on any atom is 0.228 e. The fraction of sp³-hybridized carbons (Fsp3) is 0.267. The van der Waals surface area contributed by atoms with E-state index in [1.807, 2.05) is 74.5 Å². The second kappa shape index (κ2) is 9.49. The van der Waals surface area contributed by atoms with E-state index in [0.29, 0.717) is 18.4 Å². The first-order valence-electron chi connectivity index (χ1n) is 12.2. The minimum atomic E-state index is -0.533. The number of ketones is 1. The van der Waals surface area contributed by atoms with Gasteiger partial charge in [0.25, 0.3) is 0 Å². The Hall–Kier alpha value is -3.73. The second-order valence-electron chi connectivity index (χ2n) is 9.79. The summed E-state index contributed by atoms with van der Waals surface area (Å²) in [6.07, 6.45) is 1.21. The van der Waals surface area contributed by atoms with Gasteiger partial charge in [0.1, 0.15) is 5.82 Å². The van der Waals surface area contributed by atoms with Crippen molar-refractivity contribution in [1.82, 2.24) is 0 Å². The van der Waals surface area contributed by atoms with Crippen molar-refractivity contribution in [3.63, 3.8) is 0 Å². The van der Waals surface area contributed by atoms with Crippen molar-refractivity contribution in [2.45, 2.75) is 45.1 Å². The molecule has 35 heavy (non-hydrogen) atoms. The first-order valence-corrected chi connectivity index (χ1v) is 12.2. The van der Waals surface area contributed by atoms with Gasteiger partial charge in [0.05, 0.1) is 17.4 Å². The number of allylic oxidation sites excluding steroid dienone is 1. The zero-order valence-electron chi connectivity index (χ0n) is 20.0. The van der Waals surface area contributed by atoms with Crippen LogP contribution in [0.1, 0.15) is 56.2 Å². The van der Waals surface area contributed by atoms with Gasteiger partial charge in [-0.05, 0) is 53.6 Å². The summed E-state index contributed by atoms with van der Waals surface area (Å²) in [7, 11) is 0. The van der Waals surface area contributed by atoms with Gasteiger partial charge in [-0.1, -0.05) is 68.4 Å². The van der Waals surface area contributed by atoms with E-state index in [1.165, 1.54) is 12.1 Å². The topological polar surface area (TPSA) is 49.4 Å². The number of fused-ring (bicyclic) bond motifs is 1. The Morgan fingerprint density at radius 2 is 1.69 bits per heavy atom. The van der Waals surface area contributed by atoms with Gasteiger partial charge >= 0.3 is 0 Å². The lowest BCUT2D eigenvalue weighted by atomic mass is 9.78. The predicted octanol–water partition coefficient (Wildman–Crippen LogP) is 6.77. The van der Waals surface area contributed by atoms with Crippen molar-refractivity contribution in [1.29, 1.82) is 0 Å². The second-order valence-corrected chi connectivity index (χ2v) is 9.79. The predicted molar refractivity (Wildman–Crippen MR) is 137 cm³/mol. The molecule has 0 bridgehead atoms. The maximum atomic E-state index is 14.0. The number of hydrogen-bond donors (Lipinski definition) is 1. The molecule has 178 valence electrons. The van der Waals surface area contributed by atoms with Crippen LogP contribution < -0.4 is 10.2 Å². The van der Waals surface area contributed by atoms with Gasteiger partial charge in [-0.25, -0.2) is 4.39 Å². The van der Waals surface area contributed by atoms with Gasteiger partial charge < -0.3 is 5.32 Å². The standard InChI is InChI=1S/C30H29FN2O2/c1-19(2)15-28(35)33-26-14-7-6-13-24(26)32-25-17-22(21-11-8-12-23(31)16-21)18-27(34)29(25)30(33)20-9-4-3-5-10-20/h3-14,16,19,22,30,32H,15,17-18H2,1-2H3/t22-,30+/m1/s1. The van der Waals surface area contributed by atoms with E-state index in [9.17, 15) is 14.0 Å². The Kier molecular flexibility index (Phi) is 6.25. The highest BCUT2D eigenvalue weighted by molar-refractivity contribution is 6.06. The van der Waals surface area contributed by atoms with E-state index in [0.717, 1.165) is 28.2 Å². The molecule has 0 radical (unpaired) electrons. The van der Waals surface area contributed by atoms with Crippen LogP contribution in [-0.2, 0) is 9.59 Å². The van der Waals surface area contributed by atoms with Gasteiger partial charge in [0.2, 0.25) is 5.91 Å². The Bertz CT molecular complexity index is 1300. The largest absolute Gasteiger partial charge is 0.357 e. The van der Waals surface area contributed by atoms with E-state index in [1.54, 1.807) is 11.0 Å². The molecular weight excluding hydrogens is 439 g/mol. The lowest BCUT2D eigenvalue weighted by Crippen LogP contribution is -2.39. The Morgan fingerprint density at radius 1 is 0.971 bits per heavy atom. The van der Waals surface area contributed by atoms with Crippen molar-refractivity contribution in [2.24, 2.45) is 5.92 Å². The molecule has 1 aliphatic carbocycles. The van der Waals surface area contributed by atoms with E-state index >= 15 is 0 Å². The first-order chi connectivity index (χ1) is 16.9. The Labute approximate surface area is 205 Å². The molecule has 0 saturated carbocycles. The SMILES string of the molecule is CC(C)CC(=O)N1c2ccccc2NC2=C(C(=O)C[C@H](c3cccc(F)c3)C2)[C@@H]1c1ccccc1. The number of amides is 1. The Balaban J connectivity index is 1.69. The monoisotopic (exact) mass is 468 g/mol. The van der Waals surface area contributed by atoms with Crippen LogP contribution in [0.5, 0.6) is 0 Å². The molecule has 4 nitrogen and oxygen atoms in total. The molecule has 5 heteroatoms. The lowest BCUT2D eigenvalue weighted by Gasteiger charge is -2.35. The van der Waals surface area contributed by atoms with Crippen LogP contribution in [0.3, 0.4) is 0 Å². The zero-order chi connectivity index (χ0) is 24.5. The summed E-state index contributed by atoms with van der Waals surface area (Å²) >= 11 is 0. The molecule has 1 aliphatic heterocycles. The van der Waals surface area contributed by atoms with E-state index in [-0.39, 0.29) is 35.8 Å². The van der Waals surface area contributed by atoms with Crippen LogP contribution in [0.2, 0.25) is 0 Å². The number of carbonyl (C=O) groups excluding carboxylic acids is 2. The van der Waals surface area contributed by atoms with Gasteiger partial charge in [-0.15, -0.1) is 0 Å². The number of hydrogen-bond acceptors (Lipinski definition) is 3. The molecule has 0 fully saturated rings. The van der Waals surface area contributed by atoms with Crippen molar-refractivity contribution in [3.05, 3.63) is 107 Å². The van der Waals surface area contributed by atoms with Crippen LogP contribution in [0, 0.1) is 11.7 Å². The molecule has 1 heterocycles. The molecule has 3 aromatic carbocycles. The van der Waals surface area contributed by atoms with Gasteiger partial charge in [-0.2, -0.15) is 0 Å². The molecule has 0 saturated heterocycles. The van der Waals surface area contributed by atoms with E-state index in [4.69, 9.17) is 0 Å². The van der Waals surface area contributed by atoms with Crippen molar-refractivity contribution < 1.29 is 14.0 Å². The van der Waals surface area contributed by atoms with Gasteiger partial charge in [0.15, 0.2) is 5.78 Å². The molecule has 3 aromatic rings. The normalized spacial score (nSPS) is 19.7. The number of benzene rings is 3. The lowest BCUT2D eigenvalue weighted by molar-refractivity contribution is -0.119. The van der Waals surface area contributed by atoms with Crippen LogP contribution in [0.15, 0.2) is 90.1 Å². The summed E-state index contributed by atoms with van der Waals surface area (Å²) < 4.78 is 14.0. The average Bonchev–Trinajstić information content (AvgIpc) is 2.99. The highest BCUT2D eigenvalue weighted by Crippen LogP contribution is 2.47. The number of rotatable bonds is 4. The number of para-hydroxylation sites is 2. The summed E-state index contributed by atoms with van der Waals surface area (Å²) in [5.41, 5.74) is 4.69. The molecule has 1 amide bonds. The molecule has 0 unspecified atom stereocenters. The molecule has 5 rings (SSSR count). The fourth-order valence-corrected chi connectivity index (χ4v) is 5.26. The van der Waals surface area contributed by atoms with Gasteiger partial charge in [0, 0.05) is 24.1 Å². The van der Waals surface area contributed by atoms with Crippen LogP contribution in [-0.4, -0.2) is 11.7 Å². The van der Waals surface area contributed by atoms with Crippen LogP contribution in [0.4, 0.5) is 15.8 Å². The van der Waals surface area contributed by atoms with Crippen LogP contribution in [0.25, 0.3) is 0 Å². The average molecular weight is 469 g/mol. The highest BCUT2D eigenvalue weighted by atomic mass is 19.1. The van der Waals surface area contributed by atoms with E-state index < -0.39 is 6.04 Å². The molecule has 2 atom stereocenters. The minimum absolute atomic E-state index is 0.0167. The smallest absolute Gasteiger partial charge is 0.228 e. The van der Waals surface area contributed by atoms with Crippen LogP contribution >= 0.6 is 0 Å². The van der Waals surface area contributed by atoms with Crippen molar-refractivity contribution in [3.8, 4) is 0 Å². The number of nitrogens with one attached hydrogen (secondary N) is 1. The Morgan fingerprint density at radius 3 is 2.43 bits per heavy atom. The number of carbonyl (C=O) groups is 2. The first kappa shape index (κ1) is 23.0. The quantitative estimate of drug-likeness (QED) is 0.460. The van der Waals surface area contributed by atoms with Gasteiger partial charge in [-0.3, -0.25) is 14.5 Å². The third kappa shape index (κ3) is 4.51. The fourth-order valence-electron chi connectivity index (χ4n) is 5.26. The summed E-state index contributed by atoms with van der Waals surface area (Å²) in [6.45, 7) is 4.05. The zero-order valence-corrected chi connectivity index (χ0v) is 20.0. The summed E-state index contributed by atoms with van der Waals surface area (Å²) in [6, 6.07) is 23.5. The van der Waals surface area contributed by atoms with Crippen molar-refractivity contribution in [2.75, 3.05) is 10.2 Å². The summed E-state index contributed by atoms with van der Waals surface area (Å²) in [5, 5.41) is 3.52. The third-order valence-electron chi connectivity index (χ3n) is 6.78. The molecule has 1 N–H and O–H groups in total. The number of anilines is 2. The number of halogens is 1. The van der Waals surface area contributed by atoms with Crippen molar-refractivity contribution >= 4 is 23.1 Å². The third-order valence-corrected chi connectivity index (χ3v) is 6.78. The maximum absolute atomic E-state index is 14.0. The van der Waals surface area contributed by atoms with E-state index in [2.05, 4.69) is 5.32 Å². The molecule has 0 aromatic heterocycles. The molecule has 0 spiro atoms. The molecule has 2 aliphatic rings. The minimum Gasteiger partial charge on any atom is -0.357 e. The number of nitrogens with zero attached hydrogens (tertiary/aromatic N) is 1. The number of Topliss-reactive ketones (excluding diaryl/α,β-unsaturated/α-hetero) is 1. The highest BCUT2D eigenvalue weighted by Gasteiger charge is 2.41. The molecular formula is C30H29FN2O2. The summed E-state index contributed by atoms with van der Waals surface area (Å²) in [5.74, 6) is -0.295. The summed E-state index contributed by atoms with van der Waals surface area (Å²) in [4.78, 5) is 29.4.